The lowest BCUT2D eigenvalue weighted by Crippen LogP contribution is -2.12. The van der Waals surface area contributed by atoms with Gasteiger partial charge < -0.3 is 15.1 Å². The van der Waals surface area contributed by atoms with Gasteiger partial charge in [0.25, 0.3) is 0 Å². The largest absolute Gasteiger partial charge is 0.465 e. The molecule has 0 amide bonds. The van der Waals surface area contributed by atoms with Crippen molar-refractivity contribution < 1.29 is 4.42 Å². The third-order valence-electron chi connectivity index (χ3n) is 12.4. The van der Waals surface area contributed by atoms with Crippen LogP contribution in [0.15, 0.2) is 205 Å². The fourth-order valence-electron chi connectivity index (χ4n) is 9.04. The molecule has 320 valence electrons. The van der Waals surface area contributed by atoms with Gasteiger partial charge in [-0.1, -0.05) is 175 Å². The van der Waals surface area contributed by atoms with E-state index < -0.39 is 0 Å². The molecule has 0 aliphatic rings. The van der Waals surface area contributed by atoms with Crippen molar-refractivity contribution in [2.45, 2.75) is 58.3 Å². The zero-order valence-electron chi connectivity index (χ0n) is 37.9. The van der Waals surface area contributed by atoms with Gasteiger partial charge in [0.2, 0.25) is 0 Å². The molecule has 0 fully saturated rings. The second kappa shape index (κ2) is 16.8. The maximum absolute atomic E-state index is 6.85. The van der Waals surface area contributed by atoms with Crippen LogP contribution in [0.25, 0.3) is 49.9 Å². The van der Waals surface area contributed by atoms with E-state index in [-0.39, 0.29) is 16.7 Å². The van der Waals surface area contributed by atoms with Crippen LogP contribution in [0, 0.1) is 0 Å². The molecule has 10 rings (SSSR count). The van der Waals surface area contributed by atoms with E-state index >= 15 is 0 Å². The van der Waals surface area contributed by atoms with E-state index in [1.54, 1.807) is 0 Å². The van der Waals surface area contributed by atoms with E-state index in [9.17, 15) is 0 Å². The Kier molecular flexibility index (Phi) is 10.7. The molecule has 0 saturated carbocycles. The van der Waals surface area contributed by atoms with Crippen LogP contribution in [0.5, 0.6) is 0 Å². The quantitative estimate of drug-likeness (QED) is 0.144. The molecule has 1 unspecified atom stereocenters. The van der Waals surface area contributed by atoms with E-state index in [0.29, 0.717) is 0 Å². The minimum absolute atomic E-state index is 0.0237. The molecule has 0 bridgehead atoms. The van der Waals surface area contributed by atoms with Gasteiger partial charge in [-0.15, -0.1) is 0 Å². The van der Waals surface area contributed by atoms with E-state index in [0.717, 1.165) is 84.5 Å². The number of aromatic nitrogens is 2. The fourth-order valence-corrected chi connectivity index (χ4v) is 9.04. The summed E-state index contributed by atoms with van der Waals surface area (Å²) >= 11 is 0. The van der Waals surface area contributed by atoms with Crippen molar-refractivity contribution in [1.29, 1.82) is 0 Å². The number of para-hydroxylation sites is 4. The molecule has 1 atom stereocenters. The topological polar surface area (TPSA) is 55.0 Å². The zero-order valence-corrected chi connectivity index (χ0v) is 37.9. The van der Waals surface area contributed by atoms with Crippen LogP contribution >= 0.6 is 0 Å². The van der Waals surface area contributed by atoms with Crippen LogP contribution in [-0.4, -0.2) is 9.55 Å². The average Bonchev–Trinajstić information content (AvgIpc) is 3.94. The van der Waals surface area contributed by atoms with Gasteiger partial charge in [0, 0.05) is 39.2 Å². The molecule has 5 heteroatoms. The lowest BCUT2D eigenvalue weighted by molar-refractivity contribution is 0.384. The number of nitrogens with one attached hydrogen (secondary N) is 2. The summed E-state index contributed by atoms with van der Waals surface area (Å²) in [6.45, 7) is 13.4. The third-order valence-corrected chi connectivity index (χ3v) is 12.4. The van der Waals surface area contributed by atoms with Crippen molar-refractivity contribution in [2.75, 3.05) is 10.6 Å². The highest BCUT2D eigenvalue weighted by molar-refractivity contribution is 6.09. The van der Waals surface area contributed by atoms with Crippen molar-refractivity contribution in [1.82, 2.24) is 9.55 Å². The standard InChI is InChI=1S/C60H54N4O/c1-59(2,3)44-35-36-61-56(39-44)64-52-30-16-13-25-48(52)49-32-31-43(38-53(49)64)57(54-33-34-55(65-54)60(4,5)6)42-23-17-24-45(37-42)62-50-28-14-15-29-51(50)63-58-46(40-19-9-7-10-20-40)26-18-27-47(58)41-21-11-8-12-22-41/h7-39,57,62-63H,1-6H3. The lowest BCUT2D eigenvalue weighted by atomic mass is 9.87. The predicted molar refractivity (Wildman–Crippen MR) is 272 cm³/mol. The molecule has 65 heavy (non-hydrogen) atoms. The summed E-state index contributed by atoms with van der Waals surface area (Å²) < 4.78 is 9.17. The number of hydrogen-bond donors (Lipinski definition) is 2. The molecule has 0 aliphatic carbocycles. The van der Waals surface area contributed by atoms with E-state index in [1.807, 2.05) is 6.20 Å². The van der Waals surface area contributed by atoms with E-state index in [1.165, 1.54) is 16.3 Å². The smallest absolute Gasteiger partial charge is 0.137 e. The summed E-state index contributed by atoms with van der Waals surface area (Å²) in [4.78, 5) is 4.97. The molecule has 2 N–H and O–H groups in total. The highest BCUT2D eigenvalue weighted by atomic mass is 16.3. The molecular formula is C60H54N4O. The van der Waals surface area contributed by atoms with Crippen molar-refractivity contribution in [3.8, 4) is 28.1 Å². The normalized spacial score (nSPS) is 12.4. The summed E-state index contributed by atoms with van der Waals surface area (Å²) in [5.41, 5.74) is 14.1. The summed E-state index contributed by atoms with van der Waals surface area (Å²) in [6, 6.07) is 69.1. The van der Waals surface area contributed by atoms with Crippen LogP contribution in [0.1, 0.15) is 75.7 Å². The van der Waals surface area contributed by atoms with Gasteiger partial charge in [-0.2, -0.15) is 0 Å². The molecule has 10 aromatic rings. The number of fused-ring (bicyclic) bond motifs is 3. The van der Waals surface area contributed by atoms with Gasteiger partial charge in [-0.25, -0.2) is 4.98 Å². The van der Waals surface area contributed by atoms with Crippen molar-refractivity contribution >= 4 is 44.6 Å². The van der Waals surface area contributed by atoms with Gasteiger partial charge in [0.1, 0.15) is 17.3 Å². The molecule has 0 spiro atoms. The number of furan rings is 1. The summed E-state index contributed by atoms with van der Waals surface area (Å²) in [5, 5.41) is 10.1. The Morgan fingerprint density at radius 1 is 0.492 bits per heavy atom. The maximum Gasteiger partial charge on any atom is 0.137 e. The van der Waals surface area contributed by atoms with Crippen LogP contribution in [0.4, 0.5) is 22.7 Å². The molecule has 5 nitrogen and oxygen atoms in total. The summed E-state index contributed by atoms with van der Waals surface area (Å²) in [7, 11) is 0. The first kappa shape index (κ1) is 41.4. The Balaban J connectivity index is 1.07. The number of hydrogen-bond acceptors (Lipinski definition) is 4. The first-order valence-electron chi connectivity index (χ1n) is 22.6. The number of anilines is 4. The number of rotatable bonds is 10. The molecule has 3 aromatic heterocycles. The first-order chi connectivity index (χ1) is 31.5. The Bertz CT molecular complexity index is 3230. The number of benzene rings is 7. The Morgan fingerprint density at radius 3 is 1.78 bits per heavy atom. The summed E-state index contributed by atoms with van der Waals surface area (Å²) in [6.07, 6.45) is 1.94. The Hall–Kier alpha value is -7.63. The molecule has 3 heterocycles. The second-order valence-electron chi connectivity index (χ2n) is 19.0. The van der Waals surface area contributed by atoms with Gasteiger partial charge in [0.15, 0.2) is 0 Å². The molecule has 7 aromatic carbocycles. The van der Waals surface area contributed by atoms with Gasteiger partial charge >= 0.3 is 0 Å². The maximum atomic E-state index is 6.85. The van der Waals surface area contributed by atoms with Crippen LogP contribution in [0.2, 0.25) is 0 Å². The van der Waals surface area contributed by atoms with Gasteiger partial charge in [-0.05, 0) is 93.9 Å². The highest BCUT2D eigenvalue weighted by Gasteiger charge is 2.27. The fraction of sp³-hybridized carbons (Fsp3) is 0.150. The number of nitrogens with zero attached hydrogens (tertiary/aromatic N) is 2. The Labute approximate surface area is 382 Å². The van der Waals surface area contributed by atoms with Gasteiger partial charge in [0.05, 0.1) is 34.0 Å². The zero-order chi connectivity index (χ0) is 44.7. The lowest BCUT2D eigenvalue weighted by Gasteiger charge is -2.21. The average molecular weight is 847 g/mol. The molecule has 0 radical (unpaired) electrons. The molecular weight excluding hydrogens is 793 g/mol. The molecule has 0 aliphatic heterocycles. The van der Waals surface area contributed by atoms with Gasteiger partial charge in [-0.3, -0.25) is 4.57 Å². The predicted octanol–water partition coefficient (Wildman–Crippen LogP) is 16.4. The minimum Gasteiger partial charge on any atom is -0.465 e. The van der Waals surface area contributed by atoms with Crippen LogP contribution in [0.3, 0.4) is 0 Å². The van der Waals surface area contributed by atoms with Crippen molar-refractivity contribution in [2.24, 2.45) is 0 Å². The SMILES string of the molecule is CC(C)(C)c1ccnc(-n2c3ccccc3c3ccc(C(c4cccc(Nc5ccccc5Nc5c(-c6ccccc6)cccc5-c5ccccc5)c4)c4ccc(C(C)(C)C)o4)cc32)c1. The van der Waals surface area contributed by atoms with Crippen LogP contribution < -0.4 is 10.6 Å². The third kappa shape index (κ3) is 8.22. The molecule has 0 saturated heterocycles. The van der Waals surface area contributed by atoms with Crippen molar-refractivity contribution in [3.63, 3.8) is 0 Å². The van der Waals surface area contributed by atoms with E-state index in [4.69, 9.17) is 9.40 Å². The number of pyridine rings is 1. The first-order valence-corrected chi connectivity index (χ1v) is 22.6. The summed E-state index contributed by atoms with van der Waals surface area (Å²) in [5.74, 6) is 2.56. The minimum atomic E-state index is -0.197. The van der Waals surface area contributed by atoms with Crippen molar-refractivity contribution in [3.05, 3.63) is 229 Å². The van der Waals surface area contributed by atoms with E-state index in [2.05, 4.69) is 251 Å². The second-order valence-corrected chi connectivity index (χ2v) is 19.0. The van der Waals surface area contributed by atoms with Crippen LogP contribution in [-0.2, 0) is 10.8 Å². The monoisotopic (exact) mass is 846 g/mol. The highest BCUT2D eigenvalue weighted by Crippen LogP contribution is 2.43. The Morgan fingerprint density at radius 2 is 1.11 bits per heavy atom.